The molecule has 0 aliphatic rings. The van der Waals surface area contributed by atoms with Gasteiger partial charge < -0.3 is 24.7 Å². The van der Waals surface area contributed by atoms with Gasteiger partial charge in [0, 0.05) is 5.75 Å². The van der Waals surface area contributed by atoms with Crippen molar-refractivity contribution in [1.29, 1.82) is 0 Å². The first-order valence-electron chi connectivity index (χ1n) is 3.02. The zero-order valence-electron chi connectivity index (χ0n) is 6.35. The average Bonchev–Trinajstić information content (AvgIpc) is 1.81. The Kier molecular flexibility index (Phi) is 5.14. The molecule has 0 bridgehead atoms. The van der Waals surface area contributed by atoms with Crippen LogP contribution in [0.25, 0.3) is 0 Å². The zero-order valence-corrected chi connectivity index (χ0v) is 8.95. The van der Waals surface area contributed by atoms with Crippen LogP contribution >= 0.6 is 27.0 Å². The second kappa shape index (κ2) is 4.91. The number of thioether (sulfide) groups is 1. The molecule has 0 aromatic heterocycles. The topological polar surface area (TPSA) is 135 Å². The van der Waals surface area contributed by atoms with Crippen molar-refractivity contribution in [3.8, 4) is 0 Å². The Hall–Kier alpha value is 0.610. The maximum Gasteiger partial charge on any atom is 0.350 e. The summed E-state index contributed by atoms with van der Waals surface area (Å²) in [5.74, 6) is -0.138. The third-order valence-corrected chi connectivity index (χ3v) is 7.15. The van der Waals surface area contributed by atoms with Crippen molar-refractivity contribution in [3.63, 3.8) is 0 Å². The Morgan fingerprint density at radius 3 is 1.69 bits per heavy atom. The molecule has 0 aliphatic heterocycles. The van der Waals surface area contributed by atoms with E-state index >= 15 is 0 Å². The van der Waals surface area contributed by atoms with Crippen LogP contribution in [0.5, 0.6) is 0 Å². The van der Waals surface area contributed by atoms with Crippen LogP contribution in [0.1, 0.15) is 0 Å². The van der Waals surface area contributed by atoms with Gasteiger partial charge in [0.15, 0.2) is 0 Å². The minimum absolute atomic E-state index is 0.138. The third kappa shape index (κ3) is 5.15. The Bertz CT molecular complexity index is 220. The number of hydrogen-bond donors (Lipinski definition) is 5. The summed E-state index contributed by atoms with van der Waals surface area (Å²) in [6.45, 7) is -0.402. The number of aliphatic hydroxyl groups excluding tert-OH is 1. The van der Waals surface area contributed by atoms with Gasteiger partial charge in [-0.3, -0.25) is 9.13 Å². The molecule has 0 spiro atoms. The molecule has 0 unspecified atom stereocenters. The predicted molar refractivity (Wildman–Crippen MR) is 47.4 cm³/mol. The molecular weight excluding hydrogens is 242 g/mol. The van der Waals surface area contributed by atoms with Gasteiger partial charge >= 0.3 is 15.2 Å². The van der Waals surface area contributed by atoms with E-state index in [-0.39, 0.29) is 5.75 Å². The van der Waals surface area contributed by atoms with E-state index < -0.39 is 26.5 Å². The maximum atomic E-state index is 10.6. The largest absolute Gasteiger partial charge is 0.396 e. The zero-order chi connectivity index (χ0) is 10.7. The highest BCUT2D eigenvalue weighted by atomic mass is 32.2. The normalized spacial score (nSPS) is 13.7. The van der Waals surface area contributed by atoms with Gasteiger partial charge in [-0.2, -0.15) is 0 Å². The van der Waals surface area contributed by atoms with Gasteiger partial charge in [0.1, 0.15) is 0 Å². The van der Waals surface area contributed by atoms with Crippen LogP contribution in [0.4, 0.5) is 0 Å². The lowest BCUT2D eigenvalue weighted by atomic mass is 10.9. The molecule has 13 heavy (non-hydrogen) atoms. The van der Waals surface area contributed by atoms with Gasteiger partial charge in [0.2, 0.25) is 4.73 Å². The highest BCUT2D eigenvalue weighted by Gasteiger charge is 2.43. The summed E-state index contributed by atoms with van der Waals surface area (Å²) in [7, 11) is -9.68. The fourth-order valence-corrected chi connectivity index (χ4v) is 4.62. The van der Waals surface area contributed by atoms with E-state index in [0.29, 0.717) is 11.8 Å². The summed E-state index contributed by atoms with van der Waals surface area (Å²) in [6.07, 6.45) is 0. The van der Waals surface area contributed by atoms with Crippen molar-refractivity contribution in [1.82, 2.24) is 0 Å². The average molecular weight is 252 g/mol. The first kappa shape index (κ1) is 13.6. The molecule has 0 rings (SSSR count). The molecule has 0 atom stereocenters. The van der Waals surface area contributed by atoms with Crippen molar-refractivity contribution in [2.75, 3.05) is 12.4 Å². The van der Waals surface area contributed by atoms with Crippen molar-refractivity contribution < 1.29 is 33.8 Å². The Morgan fingerprint density at radius 1 is 1.08 bits per heavy atom. The predicted octanol–water partition coefficient (Wildman–Crippen LogP) is -0.649. The lowest BCUT2D eigenvalue weighted by Gasteiger charge is -2.18. The van der Waals surface area contributed by atoms with Gasteiger partial charge in [-0.1, -0.05) is 0 Å². The van der Waals surface area contributed by atoms with Gasteiger partial charge in [0.05, 0.1) is 6.61 Å². The van der Waals surface area contributed by atoms with Gasteiger partial charge in [-0.05, 0) is 0 Å². The van der Waals surface area contributed by atoms with E-state index in [1.165, 1.54) is 0 Å². The van der Waals surface area contributed by atoms with E-state index in [4.69, 9.17) is 24.7 Å². The fraction of sp³-hybridized carbons (Fsp3) is 1.00. The van der Waals surface area contributed by atoms with Gasteiger partial charge in [0.25, 0.3) is 0 Å². The van der Waals surface area contributed by atoms with Crippen LogP contribution in [0.3, 0.4) is 0 Å². The molecule has 7 nitrogen and oxygen atoms in total. The molecule has 5 N–H and O–H groups in total. The third-order valence-electron chi connectivity index (χ3n) is 0.934. The van der Waals surface area contributed by atoms with Crippen molar-refractivity contribution >= 4 is 27.0 Å². The van der Waals surface area contributed by atoms with Crippen LogP contribution in [-0.4, -0.2) is 41.8 Å². The lowest BCUT2D eigenvalue weighted by Crippen LogP contribution is -2.06. The summed E-state index contributed by atoms with van der Waals surface area (Å²) in [5.41, 5.74) is 0. The minimum Gasteiger partial charge on any atom is -0.396 e. The summed E-state index contributed by atoms with van der Waals surface area (Å²) < 4.78 is 19.1. The fourth-order valence-electron chi connectivity index (χ4n) is 0.548. The number of aliphatic hydroxyl groups is 1. The van der Waals surface area contributed by atoms with E-state index in [0.717, 1.165) is 0 Å². The van der Waals surface area contributed by atoms with Crippen molar-refractivity contribution in [2.45, 2.75) is 4.73 Å². The lowest BCUT2D eigenvalue weighted by molar-refractivity contribution is 0.322. The second-order valence-electron chi connectivity index (χ2n) is 2.10. The number of hydrogen-bond acceptors (Lipinski definition) is 4. The molecule has 10 heteroatoms. The molecule has 80 valence electrons. The molecule has 0 aromatic rings. The monoisotopic (exact) mass is 252 g/mol. The summed E-state index contributed by atoms with van der Waals surface area (Å²) >= 11 is 0.359. The van der Waals surface area contributed by atoms with Crippen LogP contribution in [0.2, 0.25) is 0 Å². The number of rotatable bonds is 5. The first-order chi connectivity index (χ1) is 5.69. The standard InChI is InChI=1S/C3H10O7P2S/c4-1-2-13-3(11(5,6)7)12(8,9)10/h3-4H,1-2H2,(H2,5,6,7)(H2,8,9,10). The molecule has 0 saturated heterocycles. The van der Waals surface area contributed by atoms with E-state index in [9.17, 15) is 9.13 Å². The first-order valence-corrected chi connectivity index (χ1v) is 7.43. The molecule has 0 amide bonds. The smallest absolute Gasteiger partial charge is 0.350 e. The van der Waals surface area contributed by atoms with Crippen LogP contribution in [0.15, 0.2) is 0 Å². The molecule has 0 aromatic carbocycles. The Morgan fingerprint density at radius 2 is 1.46 bits per heavy atom. The van der Waals surface area contributed by atoms with E-state index in [1.807, 2.05) is 0 Å². The maximum absolute atomic E-state index is 10.6. The molecule has 0 saturated carbocycles. The molecule has 0 fully saturated rings. The Labute approximate surface area is 78.5 Å². The highest BCUT2D eigenvalue weighted by Crippen LogP contribution is 2.64. The van der Waals surface area contributed by atoms with Crippen LogP contribution in [-0.2, 0) is 9.13 Å². The minimum atomic E-state index is -4.84. The molecule has 0 aliphatic carbocycles. The van der Waals surface area contributed by atoms with E-state index in [1.54, 1.807) is 0 Å². The van der Waals surface area contributed by atoms with Gasteiger partial charge in [-0.15, -0.1) is 11.8 Å². The van der Waals surface area contributed by atoms with Crippen LogP contribution in [0, 0.1) is 0 Å². The molecule has 0 heterocycles. The summed E-state index contributed by atoms with van der Waals surface area (Å²) in [4.78, 5) is 34.2. The molecule has 0 radical (unpaired) electrons. The highest BCUT2D eigenvalue weighted by molar-refractivity contribution is 8.12. The quantitative estimate of drug-likeness (QED) is 0.407. The second-order valence-corrected chi connectivity index (χ2v) is 7.81. The summed E-state index contributed by atoms with van der Waals surface area (Å²) in [5, 5.41) is 8.32. The Balaban J connectivity index is 4.59. The van der Waals surface area contributed by atoms with Crippen LogP contribution < -0.4 is 0 Å². The van der Waals surface area contributed by atoms with E-state index in [2.05, 4.69) is 0 Å². The van der Waals surface area contributed by atoms with Gasteiger partial charge in [-0.25, -0.2) is 0 Å². The summed E-state index contributed by atoms with van der Waals surface area (Å²) in [6, 6.07) is 0. The molecular formula is C3H10O7P2S. The van der Waals surface area contributed by atoms with Crippen molar-refractivity contribution in [2.24, 2.45) is 0 Å². The SMILES string of the molecule is O=P(O)(O)C(SCCO)P(=O)(O)O. The van der Waals surface area contributed by atoms with Crippen molar-refractivity contribution in [3.05, 3.63) is 0 Å².